The van der Waals surface area contributed by atoms with E-state index in [-0.39, 0.29) is 33.6 Å². The second-order valence-corrected chi connectivity index (χ2v) is 8.99. The summed E-state index contributed by atoms with van der Waals surface area (Å²) in [6, 6.07) is 9.93. The van der Waals surface area contributed by atoms with Crippen LogP contribution in [-0.2, 0) is 0 Å². The van der Waals surface area contributed by atoms with Crippen LogP contribution in [0.25, 0.3) is 11.1 Å². The van der Waals surface area contributed by atoms with Crippen molar-refractivity contribution in [1.82, 2.24) is 4.98 Å². The third kappa shape index (κ3) is 5.63. The summed E-state index contributed by atoms with van der Waals surface area (Å²) in [5.74, 6) is -2.53. The minimum absolute atomic E-state index is 0.00109. The van der Waals surface area contributed by atoms with Crippen LogP contribution in [-0.4, -0.2) is 44.9 Å². The zero-order chi connectivity index (χ0) is 26.1. The summed E-state index contributed by atoms with van der Waals surface area (Å²) in [4.78, 5) is 30.2. The molecule has 35 heavy (non-hydrogen) atoms. The number of rotatable bonds is 7. The Bertz CT molecular complexity index is 1280. The Morgan fingerprint density at radius 3 is 2.43 bits per heavy atom. The van der Waals surface area contributed by atoms with E-state index in [0.717, 1.165) is 11.0 Å². The Hall–Kier alpha value is -3.03. The van der Waals surface area contributed by atoms with E-state index >= 15 is 0 Å². The molecule has 0 aliphatic rings. The first-order valence-corrected chi connectivity index (χ1v) is 11.2. The first-order chi connectivity index (χ1) is 16.3. The third-order valence-corrected chi connectivity index (χ3v) is 6.03. The minimum Gasteiger partial charge on any atom is -0.503 e. The van der Waals surface area contributed by atoms with Crippen molar-refractivity contribution >= 4 is 56.5 Å². The maximum Gasteiger partial charge on any atom is 0.263 e. The molecule has 2 N–H and O–H groups in total. The van der Waals surface area contributed by atoms with Gasteiger partial charge in [0.25, 0.3) is 5.91 Å². The lowest BCUT2D eigenvalue weighted by molar-refractivity contribution is 0.0982. The molecule has 176 valence electrons. The van der Waals surface area contributed by atoms with Crippen LogP contribution in [0.2, 0.25) is 10.0 Å². The molecular formula is C24H20B2Cl2FN3O3. The van der Waals surface area contributed by atoms with Gasteiger partial charge in [-0.15, -0.1) is 0 Å². The Balaban J connectivity index is 2.16. The molecule has 2 amide bonds. The van der Waals surface area contributed by atoms with Gasteiger partial charge in [-0.25, -0.2) is 9.37 Å². The fourth-order valence-electron chi connectivity index (χ4n) is 3.09. The van der Waals surface area contributed by atoms with Gasteiger partial charge in [-0.1, -0.05) is 43.1 Å². The maximum atomic E-state index is 14.4. The van der Waals surface area contributed by atoms with E-state index in [9.17, 15) is 14.0 Å². The highest BCUT2D eigenvalue weighted by molar-refractivity contribution is 6.39. The van der Waals surface area contributed by atoms with Gasteiger partial charge in [0.1, 0.15) is 21.5 Å². The van der Waals surface area contributed by atoms with Gasteiger partial charge in [0.05, 0.1) is 10.6 Å². The van der Waals surface area contributed by atoms with E-state index in [1.165, 1.54) is 49.6 Å². The third-order valence-electron chi connectivity index (χ3n) is 5.38. The Morgan fingerprint density at radius 1 is 1.14 bits per heavy atom. The van der Waals surface area contributed by atoms with Crippen molar-refractivity contribution in [3.63, 3.8) is 0 Å². The number of pyridine rings is 1. The highest BCUT2D eigenvalue weighted by atomic mass is 35.5. The molecule has 4 radical (unpaired) electrons. The van der Waals surface area contributed by atoms with Gasteiger partial charge < -0.3 is 10.5 Å². The van der Waals surface area contributed by atoms with Crippen molar-refractivity contribution in [2.24, 2.45) is 11.7 Å². The standard InChI is InChI=1S/C24H20B2Cl2FN3O3/c1-12(2)24(25,26)35-19-10-14(15-9-13(21(30)33)7-8-16(15)27)11-31-22(19)32(3)23(34)20-17(28)5-4-6-18(20)29/h4-12H,1-3H3,(H2,30,33). The first-order valence-electron chi connectivity index (χ1n) is 10.4. The van der Waals surface area contributed by atoms with Crippen molar-refractivity contribution in [3.8, 4) is 16.9 Å². The first kappa shape index (κ1) is 26.6. The Labute approximate surface area is 215 Å². The SMILES string of the molecule is [B]C([B])(Oc1cc(-c2cc(C(N)=O)ccc2Cl)cnc1N(C)C(=O)c1c(F)cccc1Cl)C(C)C. The predicted octanol–water partition coefficient (Wildman–Crippen LogP) is 4.60. The number of nitrogens with zero attached hydrogens (tertiary/aromatic N) is 2. The number of ether oxygens (including phenoxy) is 1. The Kier molecular flexibility index (Phi) is 7.82. The Morgan fingerprint density at radius 2 is 1.83 bits per heavy atom. The van der Waals surface area contributed by atoms with Crippen molar-refractivity contribution < 1.29 is 18.7 Å². The molecule has 3 aromatic rings. The molecule has 0 saturated heterocycles. The summed E-state index contributed by atoms with van der Waals surface area (Å²) in [5, 5.41) is -1.40. The molecule has 0 saturated carbocycles. The number of hydrogen-bond donors (Lipinski definition) is 1. The highest BCUT2D eigenvalue weighted by Crippen LogP contribution is 2.37. The molecule has 11 heteroatoms. The molecule has 0 unspecified atom stereocenters. The van der Waals surface area contributed by atoms with E-state index in [1.54, 1.807) is 13.8 Å². The largest absolute Gasteiger partial charge is 0.503 e. The lowest BCUT2D eigenvalue weighted by Gasteiger charge is -2.33. The zero-order valence-electron chi connectivity index (χ0n) is 19.2. The quantitative estimate of drug-likeness (QED) is 0.472. The van der Waals surface area contributed by atoms with Crippen LogP contribution in [0.3, 0.4) is 0 Å². The smallest absolute Gasteiger partial charge is 0.263 e. The summed E-state index contributed by atoms with van der Waals surface area (Å²) in [6.07, 6.45) is 1.41. The number of hydrogen-bond acceptors (Lipinski definition) is 4. The molecule has 0 aliphatic carbocycles. The van der Waals surface area contributed by atoms with Gasteiger partial charge in [0.15, 0.2) is 11.6 Å². The van der Waals surface area contributed by atoms with Crippen LogP contribution in [0, 0.1) is 11.7 Å². The average Bonchev–Trinajstić information content (AvgIpc) is 2.78. The fraction of sp³-hybridized carbons (Fsp3) is 0.208. The van der Waals surface area contributed by atoms with Gasteiger partial charge in [-0.05, 0) is 42.3 Å². The number of nitrogens with two attached hydrogens (primary N) is 1. The lowest BCUT2D eigenvalue weighted by Crippen LogP contribution is -2.43. The molecule has 1 heterocycles. The van der Waals surface area contributed by atoms with Crippen molar-refractivity contribution in [2.45, 2.75) is 19.2 Å². The van der Waals surface area contributed by atoms with E-state index < -0.39 is 23.0 Å². The number of carbonyl (C=O) groups excluding carboxylic acids is 2. The molecule has 0 aliphatic heterocycles. The molecule has 1 aromatic heterocycles. The number of aromatic nitrogens is 1. The van der Waals surface area contributed by atoms with Gasteiger partial charge in [-0.3, -0.25) is 14.5 Å². The zero-order valence-corrected chi connectivity index (χ0v) is 20.7. The van der Waals surface area contributed by atoms with Crippen LogP contribution < -0.4 is 15.4 Å². The molecule has 6 nitrogen and oxygen atoms in total. The number of carbonyl (C=O) groups is 2. The second kappa shape index (κ2) is 10.3. The molecule has 3 rings (SSSR count). The normalized spacial score (nSPS) is 11.4. The molecule has 0 fully saturated rings. The number of amides is 2. The summed E-state index contributed by atoms with van der Waals surface area (Å²) in [5.41, 5.74) is 6.15. The van der Waals surface area contributed by atoms with Crippen LogP contribution in [0.4, 0.5) is 10.2 Å². The van der Waals surface area contributed by atoms with Crippen molar-refractivity contribution in [1.29, 1.82) is 0 Å². The van der Waals surface area contributed by atoms with E-state index in [2.05, 4.69) is 4.98 Å². The number of anilines is 1. The molecule has 0 atom stereocenters. The van der Waals surface area contributed by atoms with Gasteiger partial charge >= 0.3 is 0 Å². The lowest BCUT2D eigenvalue weighted by atomic mass is 9.59. The average molecular weight is 510 g/mol. The monoisotopic (exact) mass is 509 g/mol. The van der Waals surface area contributed by atoms with Gasteiger partial charge in [0.2, 0.25) is 5.91 Å². The van der Waals surface area contributed by atoms with Gasteiger partial charge in [0, 0.05) is 40.4 Å². The summed E-state index contributed by atoms with van der Waals surface area (Å²) >= 11 is 12.4. The van der Waals surface area contributed by atoms with E-state index in [4.69, 9.17) is 49.4 Å². The molecule has 0 bridgehead atoms. The molecule has 2 aromatic carbocycles. The second-order valence-electron chi connectivity index (χ2n) is 8.18. The van der Waals surface area contributed by atoms with Crippen LogP contribution in [0.1, 0.15) is 34.6 Å². The topological polar surface area (TPSA) is 85.5 Å². The van der Waals surface area contributed by atoms with Crippen molar-refractivity contribution in [3.05, 3.63) is 75.7 Å². The summed E-state index contributed by atoms with van der Waals surface area (Å²) in [7, 11) is 13.6. The fourth-order valence-corrected chi connectivity index (χ4v) is 3.56. The maximum absolute atomic E-state index is 14.4. The van der Waals surface area contributed by atoms with E-state index in [0.29, 0.717) is 16.1 Å². The van der Waals surface area contributed by atoms with Crippen molar-refractivity contribution in [2.75, 3.05) is 11.9 Å². The molecular weight excluding hydrogens is 490 g/mol. The highest BCUT2D eigenvalue weighted by Gasteiger charge is 2.29. The molecule has 0 spiro atoms. The number of primary amides is 1. The van der Waals surface area contributed by atoms with Crippen LogP contribution in [0.5, 0.6) is 5.75 Å². The number of halogens is 3. The van der Waals surface area contributed by atoms with Crippen LogP contribution in [0.15, 0.2) is 48.7 Å². The number of benzene rings is 2. The predicted molar refractivity (Wildman–Crippen MR) is 137 cm³/mol. The van der Waals surface area contributed by atoms with Crippen LogP contribution >= 0.6 is 23.2 Å². The van der Waals surface area contributed by atoms with E-state index in [1.807, 2.05) is 0 Å². The minimum atomic E-state index is -1.65. The summed E-state index contributed by atoms with van der Waals surface area (Å²) < 4.78 is 20.3. The summed E-state index contributed by atoms with van der Waals surface area (Å²) in [6.45, 7) is 3.50. The van der Waals surface area contributed by atoms with Gasteiger partial charge in [-0.2, -0.15) is 0 Å².